The Balaban J connectivity index is 3.62. The van der Waals surface area contributed by atoms with Crippen molar-refractivity contribution in [2.24, 2.45) is 5.92 Å². The highest BCUT2D eigenvalue weighted by molar-refractivity contribution is 5.69. The molecule has 1 atom stereocenters. The monoisotopic (exact) mass is 496 g/mol. The summed E-state index contributed by atoms with van der Waals surface area (Å²) < 4.78 is 5.00. The average Bonchev–Trinajstić information content (AvgIpc) is 2.82. The van der Waals surface area contributed by atoms with E-state index < -0.39 is 17.9 Å². The minimum atomic E-state index is -2.35. The lowest BCUT2D eigenvalue weighted by atomic mass is 9.99. The molecule has 0 saturated heterocycles. The van der Waals surface area contributed by atoms with Crippen LogP contribution in [0.1, 0.15) is 168 Å². The molecule has 0 amide bonds. The van der Waals surface area contributed by atoms with Gasteiger partial charge in [-0.2, -0.15) is 0 Å². The van der Waals surface area contributed by atoms with Crippen molar-refractivity contribution >= 4 is 5.97 Å². The summed E-state index contributed by atoms with van der Waals surface area (Å²) in [4.78, 5) is 12.0. The maximum Gasteiger partial charge on any atom is 0.326 e. The molecular weight excluding hydrogens is 436 g/mol. The number of hydrogen-bond acceptors (Lipinski definition) is 4. The minimum Gasteiger partial charge on any atom is -0.408 e. The largest absolute Gasteiger partial charge is 0.408 e. The number of carbonyl (C=O) groups is 1. The van der Waals surface area contributed by atoms with Gasteiger partial charge in [0.2, 0.25) is 0 Å². The van der Waals surface area contributed by atoms with Crippen LogP contribution < -0.4 is 0 Å². The van der Waals surface area contributed by atoms with Crippen molar-refractivity contribution < 1.29 is 19.7 Å². The van der Waals surface area contributed by atoms with Gasteiger partial charge in [0.05, 0.1) is 5.92 Å². The van der Waals surface area contributed by atoms with Gasteiger partial charge in [-0.05, 0) is 38.5 Å². The van der Waals surface area contributed by atoms with Crippen LogP contribution in [0, 0.1) is 5.92 Å². The van der Waals surface area contributed by atoms with E-state index in [4.69, 9.17) is 4.74 Å². The molecule has 0 aromatic rings. The van der Waals surface area contributed by atoms with Gasteiger partial charge < -0.3 is 14.9 Å². The van der Waals surface area contributed by atoms with Crippen LogP contribution in [0.25, 0.3) is 0 Å². The number of allylic oxidation sites excluding steroid dienone is 2. The third-order valence-corrected chi connectivity index (χ3v) is 7.04. The molecule has 0 fully saturated rings. The Bertz CT molecular complexity index is 486. The molecule has 0 bridgehead atoms. The van der Waals surface area contributed by atoms with Crippen molar-refractivity contribution in [2.75, 3.05) is 0 Å². The molecule has 0 spiro atoms. The lowest BCUT2D eigenvalue weighted by molar-refractivity contribution is -0.344. The van der Waals surface area contributed by atoms with E-state index in [1.54, 1.807) is 6.92 Å². The molecule has 0 aromatic heterocycles. The molecule has 0 aliphatic heterocycles. The van der Waals surface area contributed by atoms with Gasteiger partial charge >= 0.3 is 11.9 Å². The molecule has 0 saturated carbocycles. The Kier molecular flexibility index (Phi) is 24.2. The molecule has 1 unspecified atom stereocenters. The zero-order valence-corrected chi connectivity index (χ0v) is 23.7. The first-order valence-corrected chi connectivity index (χ1v) is 15.3. The minimum absolute atomic E-state index is 0.255. The Morgan fingerprint density at radius 1 is 0.657 bits per heavy atom. The predicted molar refractivity (Wildman–Crippen MR) is 149 cm³/mol. The first kappa shape index (κ1) is 34.1. The Labute approximate surface area is 218 Å². The summed E-state index contributed by atoms with van der Waals surface area (Å²) in [6.45, 7) is 6.23. The normalized spacial score (nSPS) is 12.9. The van der Waals surface area contributed by atoms with Crippen LogP contribution >= 0.6 is 0 Å². The molecule has 0 aliphatic rings. The van der Waals surface area contributed by atoms with Gasteiger partial charge in [-0.3, -0.25) is 4.79 Å². The zero-order chi connectivity index (χ0) is 26.0. The van der Waals surface area contributed by atoms with Crippen molar-refractivity contribution in [1.29, 1.82) is 0 Å². The molecule has 2 N–H and O–H groups in total. The highest BCUT2D eigenvalue weighted by Crippen LogP contribution is 2.23. The summed E-state index contributed by atoms with van der Waals surface area (Å²) in [6, 6.07) is 0. The maximum atomic E-state index is 12.0. The van der Waals surface area contributed by atoms with Crippen LogP contribution in [0.3, 0.4) is 0 Å². The van der Waals surface area contributed by atoms with E-state index in [2.05, 4.69) is 26.0 Å². The second-order valence-corrected chi connectivity index (χ2v) is 10.6. The molecule has 0 aromatic carbocycles. The molecule has 0 radical (unpaired) electrons. The number of ether oxygens (including phenoxy) is 1. The molecular formula is C31H60O4. The Hall–Kier alpha value is -0.870. The second-order valence-electron chi connectivity index (χ2n) is 10.6. The summed E-state index contributed by atoms with van der Waals surface area (Å²) in [5.74, 6) is -3.32. The number of rotatable bonds is 26. The van der Waals surface area contributed by atoms with E-state index in [-0.39, 0.29) is 6.42 Å². The van der Waals surface area contributed by atoms with Crippen LogP contribution in [-0.4, -0.2) is 22.2 Å². The standard InChI is InChI=1S/C31H60O4/c1-4-6-8-10-12-14-15-16-17-18-19-20-22-24-26-28-30(32)35-31(33,34)29(3)27-25-23-21-13-11-9-7-5-2/h16-17,29,33-34H,4-15,18-28H2,1-3H3/b17-16-. The van der Waals surface area contributed by atoms with Crippen LogP contribution in [-0.2, 0) is 9.53 Å². The third-order valence-electron chi connectivity index (χ3n) is 7.04. The van der Waals surface area contributed by atoms with Gasteiger partial charge in [-0.1, -0.05) is 136 Å². The van der Waals surface area contributed by atoms with Crippen molar-refractivity contribution in [3.05, 3.63) is 12.2 Å². The summed E-state index contributed by atoms with van der Waals surface area (Å²) in [6.07, 6.45) is 30.9. The summed E-state index contributed by atoms with van der Waals surface area (Å²) in [7, 11) is 0. The fraction of sp³-hybridized carbons (Fsp3) is 0.903. The van der Waals surface area contributed by atoms with E-state index in [0.717, 1.165) is 38.5 Å². The summed E-state index contributed by atoms with van der Waals surface area (Å²) in [5.41, 5.74) is 0. The number of unbranched alkanes of at least 4 members (excludes halogenated alkanes) is 18. The third kappa shape index (κ3) is 23.3. The summed E-state index contributed by atoms with van der Waals surface area (Å²) in [5, 5.41) is 20.4. The second kappa shape index (κ2) is 24.8. The van der Waals surface area contributed by atoms with Crippen molar-refractivity contribution in [2.45, 2.75) is 174 Å². The van der Waals surface area contributed by atoms with E-state index in [1.807, 2.05) is 0 Å². The SMILES string of the molecule is CCCCCCCC/C=C\CCCCCCCC(=O)OC(O)(O)C(C)CCCCCCCCCC. The van der Waals surface area contributed by atoms with E-state index in [0.29, 0.717) is 6.42 Å². The molecule has 35 heavy (non-hydrogen) atoms. The number of esters is 1. The van der Waals surface area contributed by atoms with E-state index in [1.165, 1.54) is 96.3 Å². The molecule has 0 rings (SSSR count). The number of hydrogen-bond donors (Lipinski definition) is 2. The van der Waals surface area contributed by atoms with Crippen LogP contribution in [0.5, 0.6) is 0 Å². The van der Waals surface area contributed by atoms with Gasteiger partial charge in [0.15, 0.2) is 0 Å². The van der Waals surface area contributed by atoms with Crippen LogP contribution in [0.15, 0.2) is 12.2 Å². The van der Waals surface area contributed by atoms with Crippen molar-refractivity contribution in [3.63, 3.8) is 0 Å². The van der Waals surface area contributed by atoms with E-state index in [9.17, 15) is 15.0 Å². The maximum absolute atomic E-state index is 12.0. The van der Waals surface area contributed by atoms with Crippen molar-refractivity contribution in [1.82, 2.24) is 0 Å². The lowest BCUT2D eigenvalue weighted by Crippen LogP contribution is -2.41. The highest BCUT2D eigenvalue weighted by Gasteiger charge is 2.35. The quantitative estimate of drug-likeness (QED) is 0.0541. The van der Waals surface area contributed by atoms with Crippen molar-refractivity contribution in [3.8, 4) is 0 Å². The zero-order valence-electron chi connectivity index (χ0n) is 23.7. The van der Waals surface area contributed by atoms with Gasteiger partial charge in [-0.15, -0.1) is 0 Å². The fourth-order valence-electron chi connectivity index (χ4n) is 4.43. The predicted octanol–water partition coefficient (Wildman–Crippen LogP) is 9.37. The molecule has 0 heterocycles. The van der Waals surface area contributed by atoms with Gasteiger partial charge in [0.25, 0.3) is 0 Å². The number of aliphatic hydroxyl groups is 2. The van der Waals surface area contributed by atoms with Gasteiger partial charge in [0.1, 0.15) is 0 Å². The molecule has 0 aliphatic carbocycles. The topological polar surface area (TPSA) is 66.8 Å². The Morgan fingerprint density at radius 3 is 1.54 bits per heavy atom. The molecule has 4 heteroatoms. The van der Waals surface area contributed by atoms with Gasteiger partial charge in [0, 0.05) is 6.42 Å². The van der Waals surface area contributed by atoms with Crippen LogP contribution in [0.4, 0.5) is 0 Å². The molecule has 208 valence electrons. The fourth-order valence-corrected chi connectivity index (χ4v) is 4.43. The van der Waals surface area contributed by atoms with Crippen LogP contribution in [0.2, 0.25) is 0 Å². The Morgan fingerprint density at radius 2 is 1.06 bits per heavy atom. The first-order valence-electron chi connectivity index (χ1n) is 15.3. The summed E-state index contributed by atoms with van der Waals surface area (Å²) >= 11 is 0. The molecule has 4 nitrogen and oxygen atoms in total. The number of carbonyl (C=O) groups excluding carboxylic acids is 1. The average molecular weight is 497 g/mol. The van der Waals surface area contributed by atoms with E-state index >= 15 is 0 Å². The van der Waals surface area contributed by atoms with Gasteiger partial charge in [-0.25, -0.2) is 0 Å². The first-order chi connectivity index (χ1) is 16.9. The lowest BCUT2D eigenvalue weighted by Gasteiger charge is -2.27. The smallest absolute Gasteiger partial charge is 0.326 e. The highest BCUT2D eigenvalue weighted by atomic mass is 16.8.